The monoisotopic (exact) mass is 298 g/mol. The van der Waals surface area contributed by atoms with Crippen LogP contribution in [0.3, 0.4) is 0 Å². The number of ketones is 2. The lowest BCUT2D eigenvalue weighted by atomic mass is 9.83. The first-order valence-corrected chi connectivity index (χ1v) is 6.38. The van der Waals surface area contributed by atoms with Crippen LogP contribution in [-0.2, 0) is 4.79 Å². The van der Waals surface area contributed by atoms with E-state index in [1.807, 2.05) is 0 Å². The Morgan fingerprint density at radius 3 is 2.59 bits per heavy atom. The zero-order chi connectivity index (χ0) is 12.4. The lowest BCUT2D eigenvalue weighted by Crippen LogP contribution is -2.22. The molecule has 1 fully saturated rings. The van der Waals surface area contributed by atoms with E-state index in [9.17, 15) is 14.0 Å². The highest BCUT2D eigenvalue weighted by Crippen LogP contribution is 2.27. The van der Waals surface area contributed by atoms with Crippen LogP contribution >= 0.6 is 15.9 Å². The van der Waals surface area contributed by atoms with E-state index in [0.717, 1.165) is 0 Å². The molecule has 0 N–H and O–H groups in total. The first-order valence-electron chi connectivity index (χ1n) is 5.59. The molecular weight excluding hydrogens is 287 g/mol. The van der Waals surface area contributed by atoms with Gasteiger partial charge in [-0.05, 0) is 31.0 Å². The number of hydrogen-bond acceptors (Lipinski definition) is 2. The lowest BCUT2D eigenvalue weighted by molar-refractivity contribution is -0.120. The summed E-state index contributed by atoms with van der Waals surface area (Å²) in [5, 5.41) is 0. The number of benzene rings is 1. The van der Waals surface area contributed by atoms with Gasteiger partial charge in [-0.25, -0.2) is 4.39 Å². The Morgan fingerprint density at radius 1 is 1.29 bits per heavy atom. The minimum Gasteiger partial charge on any atom is -0.300 e. The molecule has 0 radical (unpaired) electrons. The van der Waals surface area contributed by atoms with Crippen LogP contribution in [0.1, 0.15) is 36.0 Å². The van der Waals surface area contributed by atoms with Gasteiger partial charge >= 0.3 is 0 Å². The van der Waals surface area contributed by atoms with Crippen molar-refractivity contribution in [3.63, 3.8) is 0 Å². The van der Waals surface area contributed by atoms with Gasteiger partial charge in [0.1, 0.15) is 11.6 Å². The Bertz CT molecular complexity index is 460. The number of Topliss-reactive ketones (excluding diaryl/α,β-unsaturated/α-hetero) is 2. The fraction of sp³-hybridized carbons (Fsp3) is 0.385. The third-order valence-corrected chi connectivity index (χ3v) is 3.60. The summed E-state index contributed by atoms with van der Waals surface area (Å²) in [5.74, 6) is -0.688. The van der Waals surface area contributed by atoms with E-state index in [1.165, 1.54) is 12.1 Å². The molecule has 1 aliphatic carbocycles. The largest absolute Gasteiger partial charge is 0.300 e. The summed E-state index contributed by atoms with van der Waals surface area (Å²) in [6, 6.07) is 4.36. The molecule has 0 bridgehead atoms. The molecule has 0 spiro atoms. The van der Waals surface area contributed by atoms with E-state index in [-0.39, 0.29) is 23.0 Å². The van der Waals surface area contributed by atoms with Crippen molar-refractivity contribution in [2.45, 2.75) is 25.7 Å². The Morgan fingerprint density at radius 2 is 1.94 bits per heavy atom. The maximum absolute atomic E-state index is 13.5. The van der Waals surface area contributed by atoms with Crippen molar-refractivity contribution >= 4 is 27.5 Å². The number of hydrogen-bond donors (Lipinski definition) is 0. The van der Waals surface area contributed by atoms with Crippen LogP contribution in [0.5, 0.6) is 0 Å². The zero-order valence-corrected chi connectivity index (χ0v) is 10.8. The Hall–Kier alpha value is -1.03. The molecule has 0 aromatic heterocycles. The second-order valence-electron chi connectivity index (χ2n) is 4.30. The van der Waals surface area contributed by atoms with Crippen molar-refractivity contribution in [3.8, 4) is 0 Å². The SMILES string of the molecule is O=C1CCC(C(=O)c2cc(Br)ccc2F)CC1. The molecule has 1 aliphatic rings. The minimum atomic E-state index is -0.491. The fourth-order valence-electron chi connectivity index (χ4n) is 2.11. The molecule has 4 heteroatoms. The summed E-state index contributed by atoms with van der Waals surface area (Å²) < 4.78 is 14.2. The van der Waals surface area contributed by atoms with Crippen LogP contribution in [0, 0.1) is 11.7 Å². The molecule has 2 rings (SSSR count). The normalized spacial score (nSPS) is 17.2. The maximum atomic E-state index is 13.5. The van der Waals surface area contributed by atoms with Crippen molar-refractivity contribution in [1.29, 1.82) is 0 Å². The summed E-state index contributed by atoms with van der Waals surface area (Å²) in [7, 11) is 0. The molecule has 90 valence electrons. The average molecular weight is 299 g/mol. The molecule has 0 unspecified atom stereocenters. The summed E-state index contributed by atoms with van der Waals surface area (Å²) >= 11 is 3.23. The molecule has 1 saturated carbocycles. The third kappa shape index (κ3) is 2.80. The molecule has 0 amide bonds. The highest BCUT2D eigenvalue weighted by atomic mass is 79.9. The quantitative estimate of drug-likeness (QED) is 0.783. The van der Waals surface area contributed by atoms with Crippen molar-refractivity contribution in [3.05, 3.63) is 34.1 Å². The number of carbonyl (C=O) groups excluding carboxylic acids is 2. The number of rotatable bonds is 2. The first kappa shape index (κ1) is 12.4. The van der Waals surface area contributed by atoms with Crippen molar-refractivity contribution in [1.82, 2.24) is 0 Å². The van der Waals surface area contributed by atoms with Gasteiger partial charge < -0.3 is 0 Å². The zero-order valence-electron chi connectivity index (χ0n) is 9.21. The summed E-state index contributed by atoms with van der Waals surface area (Å²) in [4.78, 5) is 23.2. The predicted octanol–water partition coefficient (Wildman–Crippen LogP) is 3.53. The number of carbonyl (C=O) groups is 2. The van der Waals surface area contributed by atoms with Gasteiger partial charge in [0.25, 0.3) is 0 Å². The Balaban J connectivity index is 2.19. The van der Waals surface area contributed by atoms with Crippen LogP contribution < -0.4 is 0 Å². The van der Waals surface area contributed by atoms with Gasteiger partial charge in [0.05, 0.1) is 5.56 Å². The lowest BCUT2D eigenvalue weighted by Gasteiger charge is -2.19. The molecule has 0 atom stereocenters. The van der Waals surface area contributed by atoms with E-state index in [0.29, 0.717) is 30.2 Å². The van der Waals surface area contributed by atoms with Crippen LogP contribution in [-0.4, -0.2) is 11.6 Å². The molecule has 1 aromatic rings. The van der Waals surface area contributed by atoms with E-state index < -0.39 is 5.82 Å². The van der Waals surface area contributed by atoms with E-state index in [4.69, 9.17) is 0 Å². The highest BCUT2D eigenvalue weighted by Gasteiger charge is 2.27. The van der Waals surface area contributed by atoms with Crippen LogP contribution in [0.2, 0.25) is 0 Å². The van der Waals surface area contributed by atoms with Crippen LogP contribution in [0.15, 0.2) is 22.7 Å². The standard InChI is InChI=1S/C13H12BrFO2/c14-9-3-6-12(15)11(7-9)13(17)8-1-4-10(16)5-2-8/h3,6-8H,1-2,4-5H2. The van der Waals surface area contributed by atoms with Gasteiger partial charge in [-0.3, -0.25) is 9.59 Å². The van der Waals surface area contributed by atoms with Crippen LogP contribution in [0.4, 0.5) is 4.39 Å². The Labute approximate surface area is 107 Å². The summed E-state index contributed by atoms with van der Waals surface area (Å²) in [6.45, 7) is 0. The van der Waals surface area contributed by atoms with Gasteiger partial charge in [-0.2, -0.15) is 0 Å². The molecular formula is C13H12BrFO2. The van der Waals surface area contributed by atoms with Gasteiger partial charge in [-0.15, -0.1) is 0 Å². The van der Waals surface area contributed by atoms with Crippen molar-refractivity contribution in [2.24, 2.45) is 5.92 Å². The first-order chi connectivity index (χ1) is 8.08. The predicted molar refractivity (Wildman–Crippen MR) is 65.4 cm³/mol. The molecule has 1 aromatic carbocycles. The smallest absolute Gasteiger partial charge is 0.168 e. The van der Waals surface area contributed by atoms with E-state index >= 15 is 0 Å². The molecule has 2 nitrogen and oxygen atoms in total. The fourth-order valence-corrected chi connectivity index (χ4v) is 2.47. The van der Waals surface area contributed by atoms with Gasteiger partial charge in [-0.1, -0.05) is 15.9 Å². The van der Waals surface area contributed by atoms with Crippen molar-refractivity contribution in [2.75, 3.05) is 0 Å². The second-order valence-corrected chi connectivity index (χ2v) is 5.22. The maximum Gasteiger partial charge on any atom is 0.168 e. The summed E-state index contributed by atoms with van der Waals surface area (Å²) in [5.41, 5.74) is 0.124. The Kier molecular flexibility index (Phi) is 3.72. The molecule has 0 aliphatic heterocycles. The van der Waals surface area contributed by atoms with Gasteiger partial charge in [0.15, 0.2) is 5.78 Å². The summed E-state index contributed by atoms with van der Waals surface area (Å²) in [6.07, 6.45) is 1.96. The third-order valence-electron chi connectivity index (χ3n) is 3.11. The van der Waals surface area contributed by atoms with Crippen LogP contribution in [0.25, 0.3) is 0 Å². The molecule has 17 heavy (non-hydrogen) atoms. The average Bonchev–Trinajstić information content (AvgIpc) is 2.32. The molecule has 0 saturated heterocycles. The van der Waals surface area contributed by atoms with E-state index in [1.54, 1.807) is 6.07 Å². The van der Waals surface area contributed by atoms with Gasteiger partial charge in [0.2, 0.25) is 0 Å². The topological polar surface area (TPSA) is 34.1 Å². The number of halogens is 2. The second kappa shape index (κ2) is 5.08. The van der Waals surface area contributed by atoms with E-state index in [2.05, 4.69) is 15.9 Å². The minimum absolute atomic E-state index is 0.124. The highest BCUT2D eigenvalue weighted by molar-refractivity contribution is 9.10. The van der Waals surface area contributed by atoms with Gasteiger partial charge in [0, 0.05) is 23.2 Å². The van der Waals surface area contributed by atoms with Crippen molar-refractivity contribution < 1.29 is 14.0 Å². The molecule has 0 heterocycles.